The Labute approximate surface area is 102 Å². The molecule has 0 radical (unpaired) electrons. The Morgan fingerprint density at radius 2 is 2.06 bits per heavy atom. The van der Waals surface area contributed by atoms with E-state index in [0.29, 0.717) is 5.92 Å². The molecule has 1 aliphatic rings. The molecule has 1 saturated carbocycles. The SMILES string of the molecule is CC(=O)Nc1ccc(CCC(O)C2CC2)cc1. The number of aliphatic hydroxyl groups excluding tert-OH is 1. The third kappa shape index (κ3) is 3.86. The van der Waals surface area contributed by atoms with Crippen LogP contribution in [0.5, 0.6) is 0 Å². The minimum Gasteiger partial charge on any atom is -0.393 e. The lowest BCUT2D eigenvalue weighted by atomic mass is 10.0. The number of amides is 1. The standard InChI is InChI=1S/C14H19NO2/c1-10(16)15-13-7-2-11(3-8-13)4-9-14(17)12-5-6-12/h2-3,7-8,12,14,17H,4-6,9H2,1H3,(H,15,16). The molecule has 0 spiro atoms. The van der Waals surface area contributed by atoms with Crippen molar-refractivity contribution >= 4 is 11.6 Å². The Morgan fingerprint density at radius 1 is 1.41 bits per heavy atom. The first-order valence-electron chi connectivity index (χ1n) is 6.20. The van der Waals surface area contributed by atoms with Gasteiger partial charge in [-0.25, -0.2) is 0 Å². The van der Waals surface area contributed by atoms with Crippen LogP contribution < -0.4 is 5.32 Å². The van der Waals surface area contributed by atoms with Gasteiger partial charge < -0.3 is 10.4 Å². The number of nitrogens with one attached hydrogen (secondary N) is 1. The Kier molecular flexibility index (Phi) is 3.79. The van der Waals surface area contributed by atoms with Gasteiger partial charge in [0.25, 0.3) is 0 Å². The van der Waals surface area contributed by atoms with E-state index in [-0.39, 0.29) is 12.0 Å². The number of aryl methyl sites for hydroxylation is 1. The largest absolute Gasteiger partial charge is 0.393 e. The van der Waals surface area contributed by atoms with Gasteiger partial charge in [0.2, 0.25) is 5.91 Å². The smallest absolute Gasteiger partial charge is 0.221 e. The Hall–Kier alpha value is -1.35. The molecule has 0 bridgehead atoms. The average molecular weight is 233 g/mol. The fraction of sp³-hybridized carbons (Fsp3) is 0.500. The van der Waals surface area contributed by atoms with E-state index in [1.54, 1.807) is 0 Å². The number of anilines is 1. The number of benzene rings is 1. The van der Waals surface area contributed by atoms with E-state index in [9.17, 15) is 9.90 Å². The summed E-state index contributed by atoms with van der Waals surface area (Å²) in [6.07, 6.45) is 3.97. The van der Waals surface area contributed by atoms with Gasteiger partial charge in [-0.3, -0.25) is 4.79 Å². The molecule has 1 fully saturated rings. The van der Waals surface area contributed by atoms with E-state index in [1.165, 1.54) is 25.3 Å². The Morgan fingerprint density at radius 3 is 2.59 bits per heavy atom. The summed E-state index contributed by atoms with van der Waals surface area (Å²) in [6.45, 7) is 1.50. The molecule has 1 unspecified atom stereocenters. The molecule has 1 aromatic carbocycles. The lowest BCUT2D eigenvalue weighted by Gasteiger charge is -2.09. The summed E-state index contributed by atoms with van der Waals surface area (Å²) < 4.78 is 0. The van der Waals surface area contributed by atoms with Crippen LogP contribution in [0.2, 0.25) is 0 Å². The maximum Gasteiger partial charge on any atom is 0.221 e. The molecule has 2 rings (SSSR count). The van der Waals surface area contributed by atoms with E-state index in [4.69, 9.17) is 0 Å². The minimum atomic E-state index is -0.134. The maximum atomic E-state index is 10.9. The van der Waals surface area contributed by atoms with Crippen LogP contribution in [0.15, 0.2) is 24.3 Å². The molecule has 3 nitrogen and oxygen atoms in total. The molecule has 0 heterocycles. The van der Waals surface area contributed by atoms with E-state index >= 15 is 0 Å². The predicted molar refractivity (Wildman–Crippen MR) is 67.8 cm³/mol. The highest BCUT2D eigenvalue weighted by Gasteiger charge is 2.28. The Bertz CT molecular complexity index is 382. The highest BCUT2D eigenvalue weighted by atomic mass is 16.3. The second kappa shape index (κ2) is 5.32. The fourth-order valence-electron chi connectivity index (χ4n) is 1.99. The van der Waals surface area contributed by atoms with Crippen molar-refractivity contribution in [2.24, 2.45) is 5.92 Å². The van der Waals surface area contributed by atoms with Crippen LogP contribution in [0.25, 0.3) is 0 Å². The average Bonchev–Trinajstić information content (AvgIpc) is 3.11. The van der Waals surface area contributed by atoms with E-state index < -0.39 is 0 Å². The summed E-state index contributed by atoms with van der Waals surface area (Å²) in [5.41, 5.74) is 2.03. The number of hydrogen-bond acceptors (Lipinski definition) is 2. The number of carbonyl (C=O) groups is 1. The van der Waals surface area contributed by atoms with E-state index in [2.05, 4.69) is 5.32 Å². The highest BCUT2D eigenvalue weighted by molar-refractivity contribution is 5.88. The molecule has 1 amide bonds. The van der Waals surface area contributed by atoms with Gasteiger partial charge in [0, 0.05) is 12.6 Å². The molecule has 0 aromatic heterocycles. The first kappa shape index (κ1) is 12.1. The molecule has 1 aromatic rings. The van der Waals surface area contributed by atoms with E-state index in [1.807, 2.05) is 24.3 Å². The molecule has 3 heteroatoms. The minimum absolute atomic E-state index is 0.0538. The topological polar surface area (TPSA) is 49.3 Å². The summed E-state index contributed by atoms with van der Waals surface area (Å²) in [7, 11) is 0. The first-order chi connectivity index (χ1) is 8.15. The van der Waals surface area contributed by atoms with Gasteiger partial charge in [-0.05, 0) is 49.3 Å². The zero-order valence-electron chi connectivity index (χ0n) is 10.1. The number of carbonyl (C=O) groups excluding carboxylic acids is 1. The number of hydrogen-bond donors (Lipinski definition) is 2. The fourth-order valence-corrected chi connectivity index (χ4v) is 1.99. The second-order valence-corrected chi connectivity index (χ2v) is 4.82. The van der Waals surface area contributed by atoms with Gasteiger partial charge in [0.15, 0.2) is 0 Å². The zero-order valence-corrected chi connectivity index (χ0v) is 10.1. The van der Waals surface area contributed by atoms with Crippen LogP contribution in [0.4, 0.5) is 5.69 Å². The summed E-state index contributed by atoms with van der Waals surface area (Å²) >= 11 is 0. The van der Waals surface area contributed by atoms with Crippen molar-refractivity contribution in [1.29, 1.82) is 0 Å². The summed E-state index contributed by atoms with van der Waals surface area (Å²) in [5, 5.41) is 12.5. The van der Waals surface area contributed by atoms with Crippen LogP contribution in [0, 0.1) is 5.92 Å². The molecular weight excluding hydrogens is 214 g/mol. The quantitative estimate of drug-likeness (QED) is 0.820. The normalized spacial score (nSPS) is 16.6. The van der Waals surface area contributed by atoms with Gasteiger partial charge in [-0.2, -0.15) is 0 Å². The van der Waals surface area contributed by atoms with Gasteiger partial charge in [0.1, 0.15) is 0 Å². The lowest BCUT2D eigenvalue weighted by Crippen LogP contribution is -2.10. The molecule has 0 saturated heterocycles. The number of rotatable bonds is 5. The van der Waals surface area contributed by atoms with Gasteiger partial charge in [0.05, 0.1) is 6.10 Å². The van der Waals surface area contributed by atoms with Crippen molar-refractivity contribution < 1.29 is 9.90 Å². The van der Waals surface area contributed by atoms with Crippen LogP contribution >= 0.6 is 0 Å². The molecule has 1 atom stereocenters. The van der Waals surface area contributed by atoms with E-state index in [0.717, 1.165) is 18.5 Å². The van der Waals surface area contributed by atoms with Crippen molar-refractivity contribution in [3.8, 4) is 0 Å². The van der Waals surface area contributed by atoms with Crippen LogP contribution in [-0.2, 0) is 11.2 Å². The molecule has 92 valence electrons. The highest BCUT2D eigenvalue weighted by Crippen LogP contribution is 2.34. The molecule has 2 N–H and O–H groups in total. The van der Waals surface area contributed by atoms with Gasteiger partial charge in [-0.15, -0.1) is 0 Å². The molecular formula is C14H19NO2. The molecule has 17 heavy (non-hydrogen) atoms. The van der Waals surface area contributed by atoms with Crippen LogP contribution in [0.3, 0.4) is 0 Å². The first-order valence-corrected chi connectivity index (χ1v) is 6.20. The summed E-state index contributed by atoms with van der Waals surface area (Å²) in [5.74, 6) is 0.496. The molecule has 0 aliphatic heterocycles. The summed E-state index contributed by atoms with van der Waals surface area (Å²) in [4.78, 5) is 10.9. The molecule has 1 aliphatic carbocycles. The van der Waals surface area contributed by atoms with Gasteiger partial charge >= 0.3 is 0 Å². The van der Waals surface area contributed by atoms with Crippen molar-refractivity contribution in [3.05, 3.63) is 29.8 Å². The van der Waals surface area contributed by atoms with Gasteiger partial charge in [-0.1, -0.05) is 12.1 Å². The predicted octanol–water partition coefficient (Wildman–Crippen LogP) is 2.35. The summed E-state index contributed by atoms with van der Waals surface area (Å²) in [6, 6.07) is 7.82. The number of aliphatic hydroxyl groups is 1. The zero-order chi connectivity index (χ0) is 12.3. The Balaban J connectivity index is 1.82. The van der Waals surface area contributed by atoms with Crippen molar-refractivity contribution in [1.82, 2.24) is 0 Å². The van der Waals surface area contributed by atoms with Crippen LogP contribution in [0.1, 0.15) is 31.7 Å². The lowest BCUT2D eigenvalue weighted by molar-refractivity contribution is -0.114. The van der Waals surface area contributed by atoms with Crippen LogP contribution in [-0.4, -0.2) is 17.1 Å². The van der Waals surface area contributed by atoms with Crippen molar-refractivity contribution in [3.63, 3.8) is 0 Å². The monoisotopic (exact) mass is 233 g/mol. The second-order valence-electron chi connectivity index (χ2n) is 4.82. The third-order valence-electron chi connectivity index (χ3n) is 3.17. The van der Waals surface area contributed by atoms with Crippen molar-refractivity contribution in [2.75, 3.05) is 5.32 Å². The third-order valence-corrected chi connectivity index (χ3v) is 3.17. The maximum absolute atomic E-state index is 10.9. The van der Waals surface area contributed by atoms with Crippen molar-refractivity contribution in [2.45, 2.75) is 38.7 Å².